The van der Waals surface area contributed by atoms with Crippen LogP contribution in [0.5, 0.6) is 5.75 Å². The molecule has 0 amide bonds. The minimum atomic E-state index is -0.472. The molecule has 3 heteroatoms. The third-order valence-electron chi connectivity index (χ3n) is 3.20. The van der Waals surface area contributed by atoms with Crippen molar-refractivity contribution in [2.45, 2.75) is 39.2 Å². The van der Waals surface area contributed by atoms with Gasteiger partial charge in [0.1, 0.15) is 5.75 Å². The van der Waals surface area contributed by atoms with E-state index >= 15 is 0 Å². The van der Waals surface area contributed by atoms with E-state index in [0.29, 0.717) is 6.54 Å². The lowest BCUT2D eigenvalue weighted by Gasteiger charge is -2.13. The van der Waals surface area contributed by atoms with Crippen molar-refractivity contribution in [1.82, 2.24) is 5.32 Å². The highest BCUT2D eigenvalue weighted by Crippen LogP contribution is 2.18. The highest BCUT2D eigenvalue weighted by atomic mass is 16.5. The largest absolute Gasteiger partial charge is 0.497 e. The quantitative estimate of drug-likeness (QED) is 0.674. The second-order valence-electron chi connectivity index (χ2n) is 5.39. The Morgan fingerprint density at radius 1 is 1.26 bits per heavy atom. The van der Waals surface area contributed by atoms with Gasteiger partial charge in [-0.25, -0.2) is 0 Å². The number of unbranched alkanes of at least 4 members (excludes halogenated alkanes) is 1. The van der Waals surface area contributed by atoms with Crippen molar-refractivity contribution in [2.75, 3.05) is 20.2 Å². The Labute approximate surface area is 117 Å². The molecule has 1 rings (SSSR count). The molecule has 3 nitrogen and oxygen atoms in total. The molecule has 0 bridgehead atoms. The van der Waals surface area contributed by atoms with E-state index < -0.39 is 6.10 Å². The van der Waals surface area contributed by atoms with E-state index in [1.165, 1.54) is 19.3 Å². The molecule has 0 spiro atoms. The van der Waals surface area contributed by atoms with Gasteiger partial charge < -0.3 is 15.2 Å². The molecule has 0 fully saturated rings. The zero-order valence-electron chi connectivity index (χ0n) is 12.4. The summed E-state index contributed by atoms with van der Waals surface area (Å²) in [5, 5.41) is 13.4. The molecular formula is C16H27NO2. The summed E-state index contributed by atoms with van der Waals surface area (Å²) in [5.41, 5.74) is 0.897. The number of ether oxygens (including phenoxy) is 1. The number of aliphatic hydroxyl groups is 1. The summed E-state index contributed by atoms with van der Waals surface area (Å²) in [5.74, 6) is 1.57. The fourth-order valence-electron chi connectivity index (χ4n) is 2.01. The summed E-state index contributed by atoms with van der Waals surface area (Å²) in [4.78, 5) is 0. The Hall–Kier alpha value is -1.06. The minimum absolute atomic E-state index is 0.472. The molecule has 0 aliphatic carbocycles. The molecule has 1 aromatic rings. The minimum Gasteiger partial charge on any atom is -0.497 e. The van der Waals surface area contributed by atoms with Crippen LogP contribution >= 0.6 is 0 Å². The lowest BCUT2D eigenvalue weighted by molar-refractivity contribution is 0.174. The maximum Gasteiger partial charge on any atom is 0.119 e. The fourth-order valence-corrected chi connectivity index (χ4v) is 2.01. The number of methoxy groups -OCH3 is 1. The Bertz CT molecular complexity index is 352. The van der Waals surface area contributed by atoms with E-state index in [9.17, 15) is 5.11 Å². The smallest absolute Gasteiger partial charge is 0.119 e. The van der Waals surface area contributed by atoms with Gasteiger partial charge in [-0.05, 0) is 36.6 Å². The average Bonchev–Trinajstić information content (AvgIpc) is 2.42. The molecule has 0 aromatic heterocycles. The van der Waals surface area contributed by atoms with Gasteiger partial charge in [0.05, 0.1) is 13.2 Å². The van der Waals surface area contributed by atoms with Gasteiger partial charge in [0.25, 0.3) is 0 Å². The van der Waals surface area contributed by atoms with Crippen LogP contribution in [0.4, 0.5) is 0 Å². The van der Waals surface area contributed by atoms with Gasteiger partial charge in [-0.2, -0.15) is 0 Å². The summed E-state index contributed by atoms with van der Waals surface area (Å²) in [7, 11) is 1.64. The van der Waals surface area contributed by atoms with E-state index in [-0.39, 0.29) is 0 Å². The second kappa shape index (κ2) is 8.94. The predicted molar refractivity (Wildman–Crippen MR) is 79.5 cm³/mol. The molecule has 1 aromatic carbocycles. The lowest BCUT2D eigenvalue weighted by atomic mass is 10.1. The number of nitrogens with one attached hydrogen (secondary N) is 1. The first-order valence-corrected chi connectivity index (χ1v) is 7.16. The van der Waals surface area contributed by atoms with E-state index in [2.05, 4.69) is 19.2 Å². The first-order valence-electron chi connectivity index (χ1n) is 7.16. The van der Waals surface area contributed by atoms with Gasteiger partial charge in [-0.15, -0.1) is 0 Å². The first kappa shape index (κ1) is 16.0. The SMILES string of the molecule is COc1cccc(C(O)CNCCCCC(C)C)c1. The maximum atomic E-state index is 10.1. The van der Waals surface area contributed by atoms with Crippen molar-refractivity contribution in [3.63, 3.8) is 0 Å². The average molecular weight is 265 g/mol. The summed E-state index contributed by atoms with van der Waals surface area (Å²) in [6.45, 7) is 6.06. The van der Waals surface area contributed by atoms with Gasteiger partial charge in [0.15, 0.2) is 0 Å². The molecule has 0 saturated heterocycles. The van der Waals surface area contributed by atoms with Crippen molar-refractivity contribution in [2.24, 2.45) is 5.92 Å². The molecule has 2 N–H and O–H groups in total. The van der Waals surface area contributed by atoms with Gasteiger partial charge in [0, 0.05) is 6.54 Å². The number of hydrogen-bond donors (Lipinski definition) is 2. The molecule has 0 aliphatic heterocycles. The molecule has 0 radical (unpaired) electrons. The maximum absolute atomic E-state index is 10.1. The number of benzene rings is 1. The predicted octanol–water partition coefficient (Wildman–Crippen LogP) is 3.14. The van der Waals surface area contributed by atoms with E-state index in [1.54, 1.807) is 7.11 Å². The Morgan fingerprint density at radius 3 is 2.74 bits per heavy atom. The Morgan fingerprint density at radius 2 is 2.05 bits per heavy atom. The van der Waals surface area contributed by atoms with Crippen LogP contribution < -0.4 is 10.1 Å². The number of hydrogen-bond acceptors (Lipinski definition) is 3. The zero-order valence-corrected chi connectivity index (χ0v) is 12.4. The first-order chi connectivity index (χ1) is 9.13. The van der Waals surface area contributed by atoms with Gasteiger partial charge >= 0.3 is 0 Å². The zero-order chi connectivity index (χ0) is 14.1. The fraction of sp³-hybridized carbons (Fsp3) is 0.625. The topological polar surface area (TPSA) is 41.5 Å². The highest BCUT2D eigenvalue weighted by molar-refractivity contribution is 5.29. The normalized spacial score (nSPS) is 12.7. The van der Waals surface area contributed by atoms with Gasteiger partial charge in [-0.3, -0.25) is 0 Å². The summed E-state index contributed by atoms with van der Waals surface area (Å²) in [6.07, 6.45) is 3.23. The number of rotatable bonds is 9. The summed E-state index contributed by atoms with van der Waals surface area (Å²) < 4.78 is 5.15. The molecule has 1 unspecified atom stereocenters. The van der Waals surface area contributed by atoms with E-state index in [1.807, 2.05) is 24.3 Å². The monoisotopic (exact) mass is 265 g/mol. The van der Waals surface area contributed by atoms with Crippen molar-refractivity contribution >= 4 is 0 Å². The Kier molecular flexibility index (Phi) is 7.53. The van der Waals surface area contributed by atoms with Crippen LogP contribution in [0.1, 0.15) is 44.8 Å². The van der Waals surface area contributed by atoms with Crippen LogP contribution in [0, 0.1) is 5.92 Å². The van der Waals surface area contributed by atoms with Crippen molar-refractivity contribution in [3.05, 3.63) is 29.8 Å². The van der Waals surface area contributed by atoms with Crippen LogP contribution in [0.2, 0.25) is 0 Å². The highest BCUT2D eigenvalue weighted by Gasteiger charge is 2.07. The lowest BCUT2D eigenvalue weighted by Crippen LogP contribution is -2.22. The Balaban J connectivity index is 2.21. The second-order valence-corrected chi connectivity index (χ2v) is 5.39. The molecule has 0 heterocycles. The van der Waals surface area contributed by atoms with Crippen LogP contribution in [0.3, 0.4) is 0 Å². The molecule has 1 atom stereocenters. The van der Waals surface area contributed by atoms with E-state index in [0.717, 1.165) is 23.8 Å². The van der Waals surface area contributed by atoms with Crippen LogP contribution in [-0.4, -0.2) is 25.3 Å². The molecule has 19 heavy (non-hydrogen) atoms. The van der Waals surface area contributed by atoms with Crippen LogP contribution in [0.15, 0.2) is 24.3 Å². The number of aliphatic hydroxyl groups excluding tert-OH is 1. The van der Waals surface area contributed by atoms with Gasteiger partial charge in [0.2, 0.25) is 0 Å². The summed E-state index contributed by atoms with van der Waals surface area (Å²) >= 11 is 0. The molecule has 0 saturated carbocycles. The standard InChI is InChI=1S/C16H27NO2/c1-13(2)7-4-5-10-17-12-16(18)14-8-6-9-15(11-14)19-3/h6,8-9,11,13,16-18H,4-5,7,10,12H2,1-3H3. The van der Waals surface area contributed by atoms with Gasteiger partial charge in [-0.1, -0.05) is 38.8 Å². The molecule has 108 valence electrons. The molecular weight excluding hydrogens is 238 g/mol. The molecule has 0 aliphatic rings. The third-order valence-corrected chi connectivity index (χ3v) is 3.20. The third kappa shape index (κ3) is 6.60. The van der Waals surface area contributed by atoms with E-state index in [4.69, 9.17) is 4.74 Å². The van der Waals surface area contributed by atoms with Crippen molar-refractivity contribution < 1.29 is 9.84 Å². The van der Waals surface area contributed by atoms with Crippen molar-refractivity contribution in [3.8, 4) is 5.75 Å². The van der Waals surface area contributed by atoms with Crippen LogP contribution in [-0.2, 0) is 0 Å². The van der Waals surface area contributed by atoms with Crippen LogP contribution in [0.25, 0.3) is 0 Å². The van der Waals surface area contributed by atoms with Crippen molar-refractivity contribution in [1.29, 1.82) is 0 Å². The summed E-state index contributed by atoms with van der Waals surface area (Å²) in [6, 6.07) is 7.59.